The van der Waals surface area contributed by atoms with Crippen LogP contribution in [0.15, 0.2) is 12.7 Å². The molecule has 0 aliphatic carbocycles. The molecular formula is C13H26N2. The van der Waals surface area contributed by atoms with Crippen molar-refractivity contribution >= 4 is 0 Å². The standard InChI is InChI=1S/C13H26N2/c1-4-7-15-8-5-13(6-9-15)11-14-10-12(2)3/h4,12-14H,1,5-11H2,2-3H3. The van der Waals surface area contributed by atoms with Crippen molar-refractivity contribution in [3.8, 4) is 0 Å². The smallest absolute Gasteiger partial charge is 0.0160 e. The summed E-state index contributed by atoms with van der Waals surface area (Å²) >= 11 is 0. The molecule has 0 bridgehead atoms. The van der Waals surface area contributed by atoms with Crippen molar-refractivity contribution in [2.45, 2.75) is 26.7 Å². The van der Waals surface area contributed by atoms with E-state index < -0.39 is 0 Å². The highest BCUT2D eigenvalue weighted by molar-refractivity contribution is 4.79. The number of likely N-dealkylation sites (tertiary alicyclic amines) is 1. The number of nitrogens with one attached hydrogen (secondary N) is 1. The highest BCUT2D eigenvalue weighted by Gasteiger charge is 2.17. The van der Waals surface area contributed by atoms with Gasteiger partial charge in [-0.3, -0.25) is 4.90 Å². The van der Waals surface area contributed by atoms with E-state index in [1.165, 1.54) is 32.5 Å². The Labute approximate surface area is 94.7 Å². The van der Waals surface area contributed by atoms with Crippen LogP contribution in [0.2, 0.25) is 0 Å². The SMILES string of the molecule is C=CCN1CCC(CNCC(C)C)CC1. The lowest BCUT2D eigenvalue weighted by Crippen LogP contribution is -2.37. The van der Waals surface area contributed by atoms with Crippen LogP contribution in [0.25, 0.3) is 0 Å². The summed E-state index contributed by atoms with van der Waals surface area (Å²) in [5.74, 6) is 1.66. The molecule has 1 rings (SSSR count). The Bertz CT molecular complexity index is 169. The van der Waals surface area contributed by atoms with Gasteiger partial charge in [0.2, 0.25) is 0 Å². The first-order chi connectivity index (χ1) is 7.22. The van der Waals surface area contributed by atoms with Crippen molar-refractivity contribution in [1.82, 2.24) is 10.2 Å². The number of nitrogens with zero attached hydrogens (tertiary/aromatic N) is 1. The average molecular weight is 210 g/mol. The van der Waals surface area contributed by atoms with E-state index in [1.54, 1.807) is 0 Å². The topological polar surface area (TPSA) is 15.3 Å². The summed E-state index contributed by atoms with van der Waals surface area (Å²) in [6, 6.07) is 0. The van der Waals surface area contributed by atoms with Crippen molar-refractivity contribution < 1.29 is 0 Å². The second-order valence-electron chi connectivity index (χ2n) is 5.08. The fraction of sp³-hybridized carbons (Fsp3) is 0.846. The maximum atomic E-state index is 3.79. The number of piperidine rings is 1. The molecule has 0 saturated carbocycles. The summed E-state index contributed by atoms with van der Waals surface area (Å²) in [6.45, 7) is 14.2. The van der Waals surface area contributed by atoms with Gasteiger partial charge in [0.25, 0.3) is 0 Å². The van der Waals surface area contributed by atoms with Crippen LogP contribution in [-0.4, -0.2) is 37.6 Å². The van der Waals surface area contributed by atoms with Gasteiger partial charge in [0, 0.05) is 6.54 Å². The first-order valence-electron chi connectivity index (χ1n) is 6.26. The highest BCUT2D eigenvalue weighted by atomic mass is 15.1. The minimum atomic E-state index is 0.769. The zero-order valence-corrected chi connectivity index (χ0v) is 10.3. The minimum absolute atomic E-state index is 0.769. The van der Waals surface area contributed by atoms with E-state index >= 15 is 0 Å². The quantitative estimate of drug-likeness (QED) is 0.676. The Balaban J connectivity index is 2.06. The van der Waals surface area contributed by atoms with Gasteiger partial charge in [-0.05, 0) is 50.9 Å². The fourth-order valence-electron chi connectivity index (χ4n) is 2.13. The van der Waals surface area contributed by atoms with Crippen LogP contribution in [-0.2, 0) is 0 Å². The summed E-state index contributed by atoms with van der Waals surface area (Å²) in [5, 5.41) is 3.56. The molecular weight excluding hydrogens is 184 g/mol. The van der Waals surface area contributed by atoms with Crippen LogP contribution < -0.4 is 5.32 Å². The second kappa shape index (κ2) is 7.02. The van der Waals surface area contributed by atoms with Crippen molar-refractivity contribution in [2.24, 2.45) is 11.8 Å². The maximum Gasteiger partial charge on any atom is 0.0160 e. The van der Waals surface area contributed by atoms with Gasteiger partial charge in [0.15, 0.2) is 0 Å². The number of hydrogen-bond acceptors (Lipinski definition) is 2. The molecule has 1 saturated heterocycles. The molecule has 0 aromatic heterocycles. The summed E-state index contributed by atoms with van der Waals surface area (Å²) in [4.78, 5) is 2.49. The van der Waals surface area contributed by atoms with E-state index in [4.69, 9.17) is 0 Å². The van der Waals surface area contributed by atoms with Gasteiger partial charge in [-0.2, -0.15) is 0 Å². The van der Waals surface area contributed by atoms with Crippen molar-refractivity contribution in [3.05, 3.63) is 12.7 Å². The van der Waals surface area contributed by atoms with Crippen molar-refractivity contribution in [1.29, 1.82) is 0 Å². The van der Waals surface area contributed by atoms with Crippen molar-refractivity contribution in [3.63, 3.8) is 0 Å². The van der Waals surface area contributed by atoms with Gasteiger partial charge in [-0.15, -0.1) is 6.58 Å². The molecule has 2 heteroatoms. The van der Waals surface area contributed by atoms with Crippen LogP contribution in [0.4, 0.5) is 0 Å². The molecule has 15 heavy (non-hydrogen) atoms. The molecule has 1 aliphatic rings. The number of hydrogen-bond donors (Lipinski definition) is 1. The zero-order valence-electron chi connectivity index (χ0n) is 10.3. The van der Waals surface area contributed by atoms with Gasteiger partial charge >= 0.3 is 0 Å². The fourth-order valence-corrected chi connectivity index (χ4v) is 2.13. The predicted octanol–water partition coefficient (Wildman–Crippen LogP) is 2.13. The molecule has 0 atom stereocenters. The van der Waals surface area contributed by atoms with E-state index in [9.17, 15) is 0 Å². The van der Waals surface area contributed by atoms with E-state index in [2.05, 4.69) is 30.6 Å². The molecule has 2 nitrogen and oxygen atoms in total. The summed E-state index contributed by atoms with van der Waals surface area (Å²) < 4.78 is 0. The molecule has 1 aliphatic heterocycles. The van der Waals surface area contributed by atoms with E-state index in [0.29, 0.717) is 0 Å². The van der Waals surface area contributed by atoms with Crippen LogP contribution in [0.1, 0.15) is 26.7 Å². The lowest BCUT2D eigenvalue weighted by molar-refractivity contribution is 0.197. The monoisotopic (exact) mass is 210 g/mol. The molecule has 0 unspecified atom stereocenters. The molecule has 88 valence electrons. The summed E-state index contributed by atoms with van der Waals surface area (Å²) in [6.07, 6.45) is 4.70. The largest absolute Gasteiger partial charge is 0.316 e. The van der Waals surface area contributed by atoms with E-state index in [-0.39, 0.29) is 0 Å². The molecule has 0 spiro atoms. The molecule has 0 aromatic rings. The molecule has 0 amide bonds. The Morgan fingerprint density at radius 2 is 2.07 bits per heavy atom. The van der Waals surface area contributed by atoms with Crippen molar-refractivity contribution in [2.75, 3.05) is 32.7 Å². The van der Waals surface area contributed by atoms with Gasteiger partial charge in [0.1, 0.15) is 0 Å². The van der Waals surface area contributed by atoms with Crippen LogP contribution in [0.3, 0.4) is 0 Å². The van der Waals surface area contributed by atoms with E-state index in [0.717, 1.165) is 24.9 Å². The van der Waals surface area contributed by atoms with Gasteiger partial charge in [0.05, 0.1) is 0 Å². The minimum Gasteiger partial charge on any atom is -0.316 e. The first kappa shape index (κ1) is 12.7. The molecule has 1 fully saturated rings. The van der Waals surface area contributed by atoms with Crippen LogP contribution in [0.5, 0.6) is 0 Å². The van der Waals surface area contributed by atoms with Gasteiger partial charge < -0.3 is 5.32 Å². The third kappa shape index (κ3) is 5.33. The lowest BCUT2D eigenvalue weighted by atomic mass is 9.96. The molecule has 1 heterocycles. The van der Waals surface area contributed by atoms with Crippen LogP contribution in [0, 0.1) is 11.8 Å². The maximum absolute atomic E-state index is 3.79. The Kier molecular flexibility index (Phi) is 5.96. The molecule has 0 aromatic carbocycles. The highest BCUT2D eigenvalue weighted by Crippen LogP contribution is 2.15. The van der Waals surface area contributed by atoms with Crippen LogP contribution >= 0.6 is 0 Å². The molecule has 1 N–H and O–H groups in total. The third-order valence-corrected chi connectivity index (χ3v) is 3.08. The first-order valence-corrected chi connectivity index (χ1v) is 6.26. The average Bonchev–Trinajstić information content (AvgIpc) is 2.20. The zero-order chi connectivity index (χ0) is 11.1. The lowest BCUT2D eigenvalue weighted by Gasteiger charge is -2.31. The summed E-state index contributed by atoms with van der Waals surface area (Å²) in [5.41, 5.74) is 0. The van der Waals surface area contributed by atoms with Gasteiger partial charge in [-0.25, -0.2) is 0 Å². The predicted molar refractivity (Wildman–Crippen MR) is 67.1 cm³/mol. The molecule has 0 radical (unpaired) electrons. The van der Waals surface area contributed by atoms with E-state index in [1.807, 2.05) is 6.08 Å². The normalized spacial score (nSPS) is 19.7. The summed E-state index contributed by atoms with van der Waals surface area (Å²) in [7, 11) is 0. The Hall–Kier alpha value is -0.340. The Morgan fingerprint density at radius 3 is 2.60 bits per heavy atom. The Morgan fingerprint density at radius 1 is 1.40 bits per heavy atom. The third-order valence-electron chi connectivity index (χ3n) is 3.08. The van der Waals surface area contributed by atoms with Gasteiger partial charge in [-0.1, -0.05) is 19.9 Å². The second-order valence-corrected chi connectivity index (χ2v) is 5.08. The number of rotatable bonds is 6.